The van der Waals surface area contributed by atoms with E-state index in [0.29, 0.717) is 0 Å². The van der Waals surface area contributed by atoms with Crippen molar-refractivity contribution in [3.8, 4) is 0 Å². The van der Waals surface area contributed by atoms with Crippen molar-refractivity contribution in [3.05, 3.63) is 0 Å². The largest absolute Gasteiger partial charge is 0.311 e. The standard InChI is InChI=1S/C15H31N/c1-5-8-13-11-14(9-6-2)16-15(10-7-3)12(13)4/h12-16H,5-11H2,1-4H3. The van der Waals surface area contributed by atoms with Crippen LogP contribution in [0.4, 0.5) is 0 Å². The fourth-order valence-corrected chi connectivity index (χ4v) is 3.39. The van der Waals surface area contributed by atoms with Crippen LogP contribution >= 0.6 is 0 Å². The first kappa shape index (κ1) is 14.0. The zero-order valence-electron chi connectivity index (χ0n) is 11.8. The monoisotopic (exact) mass is 225 g/mol. The summed E-state index contributed by atoms with van der Waals surface area (Å²) in [5, 5.41) is 3.89. The third-order valence-corrected chi connectivity index (χ3v) is 4.31. The third kappa shape index (κ3) is 3.76. The van der Waals surface area contributed by atoms with Gasteiger partial charge in [-0.15, -0.1) is 0 Å². The minimum absolute atomic E-state index is 0.784. The predicted octanol–water partition coefficient (Wildman–Crippen LogP) is 4.37. The van der Waals surface area contributed by atoms with E-state index in [-0.39, 0.29) is 0 Å². The molecule has 1 fully saturated rings. The van der Waals surface area contributed by atoms with Crippen molar-refractivity contribution in [3.63, 3.8) is 0 Å². The fourth-order valence-electron chi connectivity index (χ4n) is 3.39. The van der Waals surface area contributed by atoms with Crippen LogP contribution < -0.4 is 5.32 Å². The topological polar surface area (TPSA) is 12.0 Å². The third-order valence-electron chi connectivity index (χ3n) is 4.31. The highest BCUT2D eigenvalue weighted by atomic mass is 15.0. The summed E-state index contributed by atoms with van der Waals surface area (Å²) in [7, 11) is 0. The van der Waals surface area contributed by atoms with Crippen LogP contribution in [0.1, 0.15) is 72.6 Å². The summed E-state index contributed by atoms with van der Waals surface area (Å²) in [5.74, 6) is 1.85. The number of hydrogen-bond acceptors (Lipinski definition) is 1. The first-order valence-corrected chi connectivity index (χ1v) is 7.48. The van der Waals surface area contributed by atoms with Gasteiger partial charge in [-0.25, -0.2) is 0 Å². The van der Waals surface area contributed by atoms with Gasteiger partial charge in [0.2, 0.25) is 0 Å². The van der Waals surface area contributed by atoms with E-state index in [2.05, 4.69) is 33.0 Å². The lowest BCUT2D eigenvalue weighted by Crippen LogP contribution is -2.50. The van der Waals surface area contributed by atoms with Crippen LogP contribution in [0.5, 0.6) is 0 Å². The van der Waals surface area contributed by atoms with E-state index in [1.807, 2.05) is 0 Å². The molecular formula is C15H31N. The fraction of sp³-hybridized carbons (Fsp3) is 1.00. The Bertz CT molecular complexity index is 162. The molecule has 0 aliphatic carbocycles. The zero-order valence-corrected chi connectivity index (χ0v) is 11.8. The van der Waals surface area contributed by atoms with Crippen molar-refractivity contribution in [1.82, 2.24) is 5.32 Å². The molecule has 1 aliphatic rings. The van der Waals surface area contributed by atoms with Gasteiger partial charge in [-0.05, 0) is 31.1 Å². The Morgan fingerprint density at radius 2 is 1.56 bits per heavy atom. The van der Waals surface area contributed by atoms with Crippen LogP contribution in [-0.4, -0.2) is 12.1 Å². The first-order chi connectivity index (χ1) is 7.72. The maximum absolute atomic E-state index is 3.89. The highest BCUT2D eigenvalue weighted by molar-refractivity contribution is 4.89. The molecule has 0 saturated carbocycles. The van der Waals surface area contributed by atoms with Gasteiger partial charge in [-0.2, -0.15) is 0 Å². The molecule has 0 radical (unpaired) electrons. The van der Waals surface area contributed by atoms with Crippen LogP contribution in [0, 0.1) is 11.8 Å². The molecule has 0 aromatic rings. The van der Waals surface area contributed by atoms with Gasteiger partial charge >= 0.3 is 0 Å². The lowest BCUT2D eigenvalue weighted by Gasteiger charge is -2.42. The van der Waals surface area contributed by atoms with Crippen molar-refractivity contribution in [2.75, 3.05) is 0 Å². The Labute approximate surface area is 102 Å². The molecule has 1 nitrogen and oxygen atoms in total. The van der Waals surface area contributed by atoms with Crippen molar-refractivity contribution in [2.45, 2.75) is 84.7 Å². The van der Waals surface area contributed by atoms with Crippen LogP contribution in [0.15, 0.2) is 0 Å². The summed E-state index contributed by atoms with van der Waals surface area (Å²) in [6.07, 6.45) is 9.58. The quantitative estimate of drug-likeness (QED) is 0.708. The van der Waals surface area contributed by atoms with E-state index in [1.165, 1.54) is 44.9 Å². The number of nitrogens with one attached hydrogen (secondary N) is 1. The van der Waals surface area contributed by atoms with E-state index in [1.54, 1.807) is 0 Å². The Morgan fingerprint density at radius 3 is 2.12 bits per heavy atom. The van der Waals surface area contributed by atoms with Gasteiger partial charge in [0.25, 0.3) is 0 Å². The molecule has 0 amide bonds. The van der Waals surface area contributed by atoms with E-state index in [9.17, 15) is 0 Å². The average molecular weight is 225 g/mol. The van der Waals surface area contributed by atoms with Crippen LogP contribution in [0.25, 0.3) is 0 Å². The second-order valence-electron chi connectivity index (χ2n) is 5.69. The summed E-state index contributed by atoms with van der Waals surface area (Å²) in [6, 6.07) is 1.58. The van der Waals surface area contributed by atoms with Crippen LogP contribution in [0.2, 0.25) is 0 Å². The van der Waals surface area contributed by atoms with Gasteiger partial charge < -0.3 is 5.32 Å². The molecule has 0 bridgehead atoms. The highest BCUT2D eigenvalue weighted by Gasteiger charge is 2.32. The van der Waals surface area contributed by atoms with Crippen molar-refractivity contribution < 1.29 is 0 Å². The summed E-state index contributed by atoms with van der Waals surface area (Å²) >= 11 is 0. The van der Waals surface area contributed by atoms with E-state index in [4.69, 9.17) is 0 Å². The summed E-state index contributed by atoms with van der Waals surface area (Å²) in [6.45, 7) is 9.42. The van der Waals surface area contributed by atoms with Crippen molar-refractivity contribution >= 4 is 0 Å². The van der Waals surface area contributed by atoms with Gasteiger partial charge in [0, 0.05) is 12.1 Å². The summed E-state index contributed by atoms with van der Waals surface area (Å²) in [5.41, 5.74) is 0. The van der Waals surface area contributed by atoms with Crippen LogP contribution in [-0.2, 0) is 0 Å². The van der Waals surface area contributed by atoms with Gasteiger partial charge in [-0.3, -0.25) is 0 Å². The molecule has 1 heteroatoms. The minimum atomic E-state index is 0.784. The minimum Gasteiger partial charge on any atom is -0.311 e. The molecule has 1 saturated heterocycles. The molecule has 0 aromatic heterocycles. The van der Waals surface area contributed by atoms with Gasteiger partial charge in [-0.1, -0.05) is 53.4 Å². The van der Waals surface area contributed by atoms with E-state index in [0.717, 1.165) is 23.9 Å². The van der Waals surface area contributed by atoms with Crippen molar-refractivity contribution in [1.29, 1.82) is 0 Å². The Morgan fingerprint density at radius 1 is 0.938 bits per heavy atom. The van der Waals surface area contributed by atoms with E-state index >= 15 is 0 Å². The molecule has 4 atom stereocenters. The van der Waals surface area contributed by atoms with Gasteiger partial charge in [0.05, 0.1) is 0 Å². The molecule has 1 heterocycles. The molecular weight excluding hydrogens is 194 g/mol. The normalized spacial score (nSPS) is 35.2. The zero-order chi connectivity index (χ0) is 12.0. The SMILES string of the molecule is CCCC1CC(CCC)C(C)C(CCC)N1. The Kier molecular flexibility index (Phi) is 6.41. The average Bonchev–Trinajstić information content (AvgIpc) is 2.26. The molecule has 1 aliphatic heterocycles. The molecule has 96 valence electrons. The maximum Gasteiger partial charge on any atom is 0.00978 e. The molecule has 1 N–H and O–H groups in total. The summed E-state index contributed by atoms with van der Waals surface area (Å²) < 4.78 is 0. The lowest BCUT2D eigenvalue weighted by molar-refractivity contribution is 0.141. The number of rotatable bonds is 6. The van der Waals surface area contributed by atoms with Gasteiger partial charge in [0.15, 0.2) is 0 Å². The van der Waals surface area contributed by atoms with Gasteiger partial charge in [0.1, 0.15) is 0 Å². The molecule has 4 unspecified atom stereocenters. The number of hydrogen-bond donors (Lipinski definition) is 1. The predicted molar refractivity (Wildman–Crippen MR) is 72.7 cm³/mol. The van der Waals surface area contributed by atoms with Crippen LogP contribution in [0.3, 0.4) is 0 Å². The first-order valence-electron chi connectivity index (χ1n) is 7.48. The molecule has 0 spiro atoms. The molecule has 1 rings (SSSR count). The second kappa shape index (κ2) is 7.32. The lowest BCUT2D eigenvalue weighted by atomic mass is 9.75. The highest BCUT2D eigenvalue weighted by Crippen LogP contribution is 2.33. The summed E-state index contributed by atoms with van der Waals surface area (Å²) in [4.78, 5) is 0. The van der Waals surface area contributed by atoms with Crippen molar-refractivity contribution in [2.24, 2.45) is 11.8 Å². The Hall–Kier alpha value is -0.0400. The second-order valence-corrected chi connectivity index (χ2v) is 5.69. The van der Waals surface area contributed by atoms with E-state index < -0.39 is 0 Å². The smallest absolute Gasteiger partial charge is 0.00978 e. The maximum atomic E-state index is 3.89. The molecule has 0 aromatic carbocycles. The Balaban J connectivity index is 2.56. The molecule has 16 heavy (non-hydrogen) atoms. The number of piperidine rings is 1.